The maximum atomic E-state index is 10.1. The Labute approximate surface area is 73.9 Å². The number of hydrogen-bond acceptors (Lipinski definition) is 2. The van der Waals surface area contributed by atoms with Gasteiger partial charge in [-0.15, -0.1) is 0 Å². The van der Waals surface area contributed by atoms with E-state index in [-0.39, 0.29) is 5.60 Å². The van der Waals surface area contributed by atoms with Crippen LogP contribution in [0.3, 0.4) is 0 Å². The fraction of sp³-hybridized carbons (Fsp3) is 1.00. The van der Waals surface area contributed by atoms with Crippen LogP contribution in [0.4, 0.5) is 0 Å². The molecule has 0 aromatic heterocycles. The summed E-state index contributed by atoms with van der Waals surface area (Å²) < 4.78 is 5.74. The average Bonchev–Trinajstić information content (AvgIpc) is 2.02. The van der Waals surface area contributed by atoms with Gasteiger partial charge < -0.3 is 9.84 Å². The average molecular weight is 170 g/mol. The SMILES string of the molecule is CC[C@]1(O)CCOC2(CCC2)C1. The summed E-state index contributed by atoms with van der Waals surface area (Å²) in [5.41, 5.74) is -0.332. The summed E-state index contributed by atoms with van der Waals surface area (Å²) in [5.74, 6) is 0. The smallest absolute Gasteiger partial charge is 0.0710 e. The van der Waals surface area contributed by atoms with Crippen LogP contribution in [-0.2, 0) is 4.74 Å². The van der Waals surface area contributed by atoms with Crippen molar-refractivity contribution in [2.45, 2.75) is 56.7 Å². The second-order valence-corrected chi connectivity index (χ2v) is 4.39. The van der Waals surface area contributed by atoms with Crippen molar-refractivity contribution in [3.05, 3.63) is 0 Å². The normalized spacial score (nSPS) is 39.5. The van der Waals surface area contributed by atoms with Crippen molar-refractivity contribution in [1.82, 2.24) is 0 Å². The molecule has 1 saturated heterocycles. The molecule has 12 heavy (non-hydrogen) atoms. The third kappa shape index (κ3) is 1.27. The van der Waals surface area contributed by atoms with Crippen LogP contribution < -0.4 is 0 Å². The number of rotatable bonds is 1. The van der Waals surface area contributed by atoms with Gasteiger partial charge in [-0.2, -0.15) is 0 Å². The van der Waals surface area contributed by atoms with Crippen molar-refractivity contribution in [2.75, 3.05) is 6.61 Å². The highest BCUT2D eigenvalue weighted by Gasteiger charge is 2.47. The van der Waals surface area contributed by atoms with Gasteiger partial charge in [0.15, 0.2) is 0 Å². The zero-order valence-corrected chi connectivity index (χ0v) is 7.81. The molecule has 2 fully saturated rings. The first-order valence-electron chi connectivity index (χ1n) is 5.04. The number of aliphatic hydroxyl groups is 1. The quantitative estimate of drug-likeness (QED) is 0.651. The van der Waals surface area contributed by atoms with Crippen LogP contribution in [0.15, 0.2) is 0 Å². The highest BCUT2D eigenvalue weighted by atomic mass is 16.5. The molecule has 1 N–H and O–H groups in total. The molecule has 1 spiro atoms. The van der Waals surface area contributed by atoms with E-state index in [4.69, 9.17) is 4.74 Å². The lowest BCUT2D eigenvalue weighted by atomic mass is 9.70. The predicted molar refractivity (Wildman–Crippen MR) is 47.0 cm³/mol. The second kappa shape index (κ2) is 2.71. The number of hydrogen-bond donors (Lipinski definition) is 1. The molecule has 70 valence electrons. The van der Waals surface area contributed by atoms with Crippen molar-refractivity contribution in [2.24, 2.45) is 0 Å². The summed E-state index contributed by atoms with van der Waals surface area (Å²) >= 11 is 0. The van der Waals surface area contributed by atoms with E-state index < -0.39 is 5.60 Å². The largest absolute Gasteiger partial charge is 0.390 e. The van der Waals surface area contributed by atoms with E-state index in [0.29, 0.717) is 0 Å². The van der Waals surface area contributed by atoms with Crippen LogP contribution in [-0.4, -0.2) is 22.9 Å². The van der Waals surface area contributed by atoms with Gasteiger partial charge in [-0.05, 0) is 32.1 Å². The molecule has 1 saturated carbocycles. The van der Waals surface area contributed by atoms with E-state index in [1.54, 1.807) is 0 Å². The Kier molecular flexibility index (Phi) is 1.92. The fourth-order valence-electron chi connectivity index (χ4n) is 2.39. The molecular weight excluding hydrogens is 152 g/mol. The zero-order chi connectivity index (χ0) is 8.66. The standard InChI is InChI=1S/C10H18O2/c1-2-9(11)6-7-12-10(8-9)4-3-5-10/h11H,2-8H2,1H3/t9-/m0/s1. The van der Waals surface area contributed by atoms with Crippen LogP contribution in [0.2, 0.25) is 0 Å². The molecule has 2 nitrogen and oxygen atoms in total. The van der Waals surface area contributed by atoms with Gasteiger partial charge in [0.1, 0.15) is 0 Å². The molecule has 1 aliphatic heterocycles. The summed E-state index contributed by atoms with van der Waals surface area (Å²) in [6.07, 6.45) is 6.17. The molecule has 1 aliphatic carbocycles. The Hall–Kier alpha value is -0.0800. The molecule has 0 aromatic carbocycles. The van der Waals surface area contributed by atoms with Crippen molar-refractivity contribution in [3.63, 3.8) is 0 Å². The third-order valence-electron chi connectivity index (χ3n) is 3.55. The van der Waals surface area contributed by atoms with Gasteiger partial charge in [-0.1, -0.05) is 6.92 Å². The first-order chi connectivity index (χ1) is 5.68. The van der Waals surface area contributed by atoms with Gasteiger partial charge >= 0.3 is 0 Å². The van der Waals surface area contributed by atoms with Crippen LogP contribution in [0.1, 0.15) is 45.4 Å². The van der Waals surface area contributed by atoms with Crippen LogP contribution >= 0.6 is 0 Å². The Bertz CT molecular complexity index is 165. The maximum Gasteiger partial charge on any atom is 0.0710 e. The number of ether oxygens (including phenoxy) is 1. The van der Waals surface area contributed by atoms with E-state index in [2.05, 4.69) is 6.92 Å². The van der Waals surface area contributed by atoms with Crippen LogP contribution in [0.25, 0.3) is 0 Å². The summed E-state index contributed by atoms with van der Waals surface area (Å²) in [5, 5.41) is 10.1. The first kappa shape index (κ1) is 8.52. The topological polar surface area (TPSA) is 29.5 Å². The van der Waals surface area contributed by atoms with Crippen molar-refractivity contribution >= 4 is 0 Å². The fourth-order valence-corrected chi connectivity index (χ4v) is 2.39. The van der Waals surface area contributed by atoms with Gasteiger partial charge in [0, 0.05) is 6.42 Å². The van der Waals surface area contributed by atoms with Gasteiger partial charge in [0.2, 0.25) is 0 Å². The lowest BCUT2D eigenvalue weighted by Crippen LogP contribution is -2.52. The minimum Gasteiger partial charge on any atom is -0.390 e. The van der Waals surface area contributed by atoms with E-state index in [1.165, 1.54) is 6.42 Å². The molecule has 0 unspecified atom stereocenters. The van der Waals surface area contributed by atoms with Gasteiger partial charge in [-0.3, -0.25) is 0 Å². The van der Waals surface area contributed by atoms with E-state index >= 15 is 0 Å². The second-order valence-electron chi connectivity index (χ2n) is 4.39. The van der Waals surface area contributed by atoms with Gasteiger partial charge in [0.05, 0.1) is 17.8 Å². The molecule has 2 heteroatoms. The molecule has 2 aliphatic rings. The lowest BCUT2D eigenvalue weighted by Gasteiger charge is -2.50. The molecule has 0 bridgehead atoms. The lowest BCUT2D eigenvalue weighted by molar-refractivity contribution is -0.192. The molecule has 0 radical (unpaired) electrons. The molecule has 2 rings (SSSR count). The molecule has 0 amide bonds. The van der Waals surface area contributed by atoms with Crippen molar-refractivity contribution in [1.29, 1.82) is 0 Å². The summed E-state index contributed by atoms with van der Waals surface area (Å²) in [6.45, 7) is 2.82. The zero-order valence-electron chi connectivity index (χ0n) is 7.81. The molecule has 1 atom stereocenters. The molecule has 1 heterocycles. The van der Waals surface area contributed by atoms with E-state index in [1.807, 2.05) is 0 Å². The Morgan fingerprint density at radius 2 is 2.08 bits per heavy atom. The maximum absolute atomic E-state index is 10.1. The van der Waals surface area contributed by atoms with E-state index in [9.17, 15) is 5.11 Å². The minimum absolute atomic E-state index is 0.0863. The van der Waals surface area contributed by atoms with E-state index in [0.717, 1.165) is 38.7 Å². The first-order valence-corrected chi connectivity index (χ1v) is 5.04. The molecular formula is C10H18O2. The minimum atomic E-state index is -0.418. The summed E-state index contributed by atoms with van der Waals surface area (Å²) in [4.78, 5) is 0. The Morgan fingerprint density at radius 3 is 2.58 bits per heavy atom. The Balaban J connectivity index is 2.03. The Morgan fingerprint density at radius 1 is 1.33 bits per heavy atom. The van der Waals surface area contributed by atoms with Crippen molar-refractivity contribution in [3.8, 4) is 0 Å². The summed E-state index contributed by atoms with van der Waals surface area (Å²) in [7, 11) is 0. The van der Waals surface area contributed by atoms with Gasteiger partial charge in [-0.25, -0.2) is 0 Å². The molecule has 0 aromatic rings. The predicted octanol–water partition coefficient (Wildman–Crippen LogP) is 1.86. The van der Waals surface area contributed by atoms with Crippen molar-refractivity contribution < 1.29 is 9.84 Å². The monoisotopic (exact) mass is 170 g/mol. The van der Waals surface area contributed by atoms with Crippen LogP contribution in [0.5, 0.6) is 0 Å². The highest BCUT2D eigenvalue weighted by Crippen LogP contribution is 2.46. The summed E-state index contributed by atoms with van der Waals surface area (Å²) in [6, 6.07) is 0. The van der Waals surface area contributed by atoms with Crippen LogP contribution in [0, 0.1) is 0 Å². The third-order valence-corrected chi connectivity index (χ3v) is 3.55. The highest BCUT2D eigenvalue weighted by molar-refractivity contribution is 4.99. The van der Waals surface area contributed by atoms with Gasteiger partial charge in [0.25, 0.3) is 0 Å².